The Kier molecular flexibility index (Phi) is 8.07. The number of pyridine rings is 1. The van der Waals surface area contributed by atoms with Crippen molar-refractivity contribution in [1.29, 1.82) is 0 Å². The SMILES string of the molecule is COC(=O)C1(CC=CCC(F)(F)c2cc(-c3cccnc3)cc(C(F)(F)F)c2)CCCCCC1=O. The van der Waals surface area contributed by atoms with Crippen LogP contribution in [0.1, 0.15) is 56.1 Å². The Morgan fingerprint density at radius 1 is 1.06 bits per heavy atom. The van der Waals surface area contributed by atoms with Crippen molar-refractivity contribution in [1.82, 2.24) is 4.98 Å². The second-order valence-corrected chi connectivity index (χ2v) is 8.68. The number of esters is 1. The fourth-order valence-electron chi connectivity index (χ4n) is 4.31. The molecule has 0 N–H and O–H groups in total. The molecule has 1 saturated carbocycles. The Bertz CT molecular complexity index is 1080. The highest BCUT2D eigenvalue weighted by molar-refractivity contribution is 6.04. The molecule has 9 heteroatoms. The zero-order valence-electron chi connectivity index (χ0n) is 19.2. The van der Waals surface area contributed by atoms with Crippen LogP contribution in [-0.4, -0.2) is 23.8 Å². The van der Waals surface area contributed by atoms with Gasteiger partial charge in [0.15, 0.2) is 0 Å². The van der Waals surface area contributed by atoms with Gasteiger partial charge in [-0.1, -0.05) is 31.1 Å². The molecule has 2 aromatic rings. The Morgan fingerprint density at radius 3 is 2.46 bits per heavy atom. The number of carbonyl (C=O) groups is 2. The monoisotopic (exact) mass is 495 g/mol. The third kappa shape index (κ3) is 6.13. The topological polar surface area (TPSA) is 56.3 Å². The maximum absolute atomic E-state index is 15.1. The molecule has 3 rings (SSSR count). The third-order valence-electron chi connectivity index (χ3n) is 6.30. The average Bonchev–Trinajstić information content (AvgIpc) is 3.03. The molecule has 0 aliphatic heterocycles. The number of ketones is 1. The molecule has 0 amide bonds. The maximum atomic E-state index is 15.1. The van der Waals surface area contributed by atoms with Crippen molar-refractivity contribution >= 4 is 11.8 Å². The number of hydrogen-bond acceptors (Lipinski definition) is 4. The van der Waals surface area contributed by atoms with Crippen LogP contribution in [0.3, 0.4) is 0 Å². The van der Waals surface area contributed by atoms with Gasteiger partial charge in [0.1, 0.15) is 11.2 Å². The molecule has 1 fully saturated rings. The summed E-state index contributed by atoms with van der Waals surface area (Å²) in [4.78, 5) is 28.9. The van der Waals surface area contributed by atoms with Crippen molar-refractivity contribution in [2.45, 2.75) is 57.0 Å². The molecule has 1 atom stereocenters. The first kappa shape index (κ1) is 26.5. The van der Waals surface area contributed by atoms with E-state index < -0.39 is 41.0 Å². The van der Waals surface area contributed by atoms with Gasteiger partial charge in [0.05, 0.1) is 12.7 Å². The van der Waals surface area contributed by atoms with Gasteiger partial charge < -0.3 is 4.74 Å². The average molecular weight is 495 g/mol. The molecular weight excluding hydrogens is 469 g/mol. The number of rotatable bonds is 7. The molecular formula is C26H26F5NO3. The number of ether oxygens (including phenoxy) is 1. The van der Waals surface area contributed by atoms with E-state index in [9.17, 15) is 22.8 Å². The maximum Gasteiger partial charge on any atom is 0.416 e. The number of benzene rings is 1. The molecule has 188 valence electrons. The van der Waals surface area contributed by atoms with Crippen LogP contribution >= 0.6 is 0 Å². The van der Waals surface area contributed by atoms with Gasteiger partial charge in [0, 0.05) is 36.4 Å². The van der Waals surface area contributed by atoms with E-state index in [2.05, 4.69) is 4.98 Å². The minimum atomic E-state index is -4.81. The van der Waals surface area contributed by atoms with Gasteiger partial charge in [-0.2, -0.15) is 13.2 Å². The summed E-state index contributed by atoms with van der Waals surface area (Å²) in [5, 5.41) is 0. The Labute approximate surface area is 200 Å². The minimum Gasteiger partial charge on any atom is -0.468 e. The molecule has 0 radical (unpaired) electrons. The number of allylic oxidation sites excluding steroid dienone is 2. The molecule has 1 unspecified atom stereocenters. The van der Waals surface area contributed by atoms with Crippen LogP contribution in [0.4, 0.5) is 22.0 Å². The van der Waals surface area contributed by atoms with Gasteiger partial charge in [-0.05, 0) is 49.1 Å². The zero-order valence-corrected chi connectivity index (χ0v) is 19.2. The third-order valence-corrected chi connectivity index (χ3v) is 6.30. The van der Waals surface area contributed by atoms with Crippen molar-refractivity contribution in [3.63, 3.8) is 0 Å². The summed E-state index contributed by atoms with van der Waals surface area (Å²) in [6.45, 7) is 0. The first-order valence-electron chi connectivity index (χ1n) is 11.3. The fraction of sp³-hybridized carbons (Fsp3) is 0.423. The van der Waals surface area contributed by atoms with Gasteiger partial charge in [-0.3, -0.25) is 14.6 Å². The number of hydrogen-bond donors (Lipinski definition) is 0. The Balaban J connectivity index is 1.86. The predicted octanol–water partition coefficient (Wildman–Crippen LogP) is 6.89. The number of Topliss-reactive ketones (excluding diaryl/α,β-unsaturated/α-hetero) is 1. The van der Waals surface area contributed by atoms with Crippen LogP contribution in [-0.2, 0) is 26.4 Å². The fourth-order valence-corrected chi connectivity index (χ4v) is 4.31. The van der Waals surface area contributed by atoms with E-state index in [1.54, 1.807) is 0 Å². The van der Waals surface area contributed by atoms with E-state index in [1.165, 1.54) is 37.7 Å². The second-order valence-electron chi connectivity index (χ2n) is 8.68. The molecule has 35 heavy (non-hydrogen) atoms. The predicted molar refractivity (Wildman–Crippen MR) is 119 cm³/mol. The second kappa shape index (κ2) is 10.7. The molecule has 4 nitrogen and oxygen atoms in total. The molecule has 1 aromatic carbocycles. The van der Waals surface area contributed by atoms with Crippen molar-refractivity contribution in [2.24, 2.45) is 5.41 Å². The zero-order chi connectivity index (χ0) is 25.7. The van der Waals surface area contributed by atoms with E-state index in [1.807, 2.05) is 0 Å². The van der Waals surface area contributed by atoms with Crippen LogP contribution < -0.4 is 0 Å². The van der Waals surface area contributed by atoms with Crippen molar-refractivity contribution in [3.8, 4) is 11.1 Å². The Hall–Kier alpha value is -3.10. The molecule has 0 spiro atoms. The van der Waals surface area contributed by atoms with Crippen LogP contribution in [0.15, 0.2) is 54.9 Å². The molecule has 1 heterocycles. The smallest absolute Gasteiger partial charge is 0.416 e. The molecule has 1 aliphatic rings. The van der Waals surface area contributed by atoms with Gasteiger partial charge >= 0.3 is 12.1 Å². The number of carbonyl (C=O) groups excluding carboxylic acids is 2. The Morgan fingerprint density at radius 2 is 1.80 bits per heavy atom. The number of aromatic nitrogens is 1. The van der Waals surface area contributed by atoms with E-state index >= 15 is 8.78 Å². The lowest BCUT2D eigenvalue weighted by Gasteiger charge is -2.27. The first-order valence-corrected chi connectivity index (χ1v) is 11.3. The lowest BCUT2D eigenvalue weighted by molar-refractivity contribution is -0.158. The lowest BCUT2D eigenvalue weighted by Crippen LogP contribution is -2.39. The summed E-state index contributed by atoms with van der Waals surface area (Å²) in [6, 6.07) is 5.26. The number of nitrogens with zero attached hydrogens (tertiary/aromatic N) is 1. The number of alkyl halides is 5. The number of methoxy groups -OCH3 is 1. The normalized spacial score (nSPS) is 19.5. The van der Waals surface area contributed by atoms with Crippen LogP contribution in [0.5, 0.6) is 0 Å². The summed E-state index contributed by atoms with van der Waals surface area (Å²) >= 11 is 0. The summed E-state index contributed by atoms with van der Waals surface area (Å²) in [6.07, 6.45) is 1.88. The van der Waals surface area contributed by atoms with Gasteiger partial charge in [-0.25, -0.2) is 8.78 Å². The highest BCUT2D eigenvalue weighted by Crippen LogP contribution is 2.41. The van der Waals surface area contributed by atoms with Gasteiger partial charge in [-0.15, -0.1) is 0 Å². The van der Waals surface area contributed by atoms with E-state index in [0.717, 1.165) is 24.6 Å². The summed E-state index contributed by atoms with van der Waals surface area (Å²) < 4.78 is 75.2. The van der Waals surface area contributed by atoms with E-state index in [0.29, 0.717) is 18.9 Å². The molecule has 0 bridgehead atoms. The van der Waals surface area contributed by atoms with Crippen LogP contribution in [0.2, 0.25) is 0 Å². The molecule has 1 aromatic heterocycles. The van der Waals surface area contributed by atoms with Gasteiger partial charge in [0.25, 0.3) is 5.92 Å². The highest BCUT2D eigenvalue weighted by atomic mass is 19.4. The first-order chi connectivity index (χ1) is 16.5. The van der Waals surface area contributed by atoms with Crippen LogP contribution in [0.25, 0.3) is 11.1 Å². The quantitative estimate of drug-likeness (QED) is 0.138. The van der Waals surface area contributed by atoms with E-state index in [-0.39, 0.29) is 36.2 Å². The standard InChI is InChI=1S/C26H26F5NO3/c1-35-23(34)24(10-4-2-3-9-22(24)33)11-5-6-12-25(27,28)20-14-19(18-8-7-13-32-17-18)15-21(16-20)26(29,30)31/h5-8,13-17H,2-4,9-12H2,1H3. The summed E-state index contributed by atoms with van der Waals surface area (Å²) in [5.41, 5.74) is -3.14. The highest BCUT2D eigenvalue weighted by Gasteiger charge is 2.45. The van der Waals surface area contributed by atoms with E-state index in [4.69, 9.17) is 4.74 Å². The van der Waals surface area contributed by atoms with Gasteiger partial charge in [0.2, 0.25) is 0 Å². The van der Waals surface area contributed by atoms with Crippen molar-refractivity contribution in [3.05, 3.63) is 66.0 Å². The minimum absolute atomic E-state index is 0.0275. The number of halogens is 5. The van der Waals surface area contributed by atoms with Crippen molar-refractivity contribution in [2.75, 3.05) is 7.11 Å². The van der Waals surface area contributed by atoms with Crippen LogP contribution in [0, 0.1) is 5.41 Å². The molecule has 0 saturated heterocycles. The summed E-state index contributed by atoms with van der Waals surface area (Å²) in [5.74, 6) is -4.60. The largest absolute Gasteiger partial charge is 0.468 e. The lowest BCUT2D eigenvalue weighted by atomic mass is 9.76. The van der Waals surface area contributed by atoms with Crippen molar-refractivity contribution < 1.29 is 36.3 Å². The molecule has 1 aliphatic carbocycles. The summed E-state index contributed by atoms with van der Waals surface area (Å²) in [7, 11) is 1.17.